The van der Waals surface area contributed by atoms with Gasteiger partial charge in [0.15, 0.2) is 5.65 Å². The summed E-state index contributed by atoms with van der Waals surface area (Å²) in [5.41, 5.74) is 3.43. The molecule has 112 valence electrons. The first-order valence-corrected chi connectivity index (χ1v) is 7.12. The molecule has 0 saturated carbocycles. The van der Waals surface area contributed by atoms with Crippen LogP contribution in [0.2, 0.25) is 0 Å². The molecule has 9 nitrogen and oxygen atoms in total. The Bertz CT molecular complexity index is 1120. The largest absolute Gasteiger partial charge is 0.331 e. The number of benzene rings is 1. The van der Waals surface area contributed by atoms with Gasteiger partial charge >= 0.3 is 0 Å². The summed E-state index contributed by atoms with van der Waals surface area (Å²) in [7, 11) is 0. The van der Waals surface area contributed by atoms with Crippen molar-refractivity contribution in [1.82, 2.24) is 40.0 Å². The second kappa shape index (κ2) is 4.57. The van der Waals surface area contributed by atoms with Crippen molar-refractivity contribution in [3.8, 4) is 0 Å². The van der Waals surface area contributed by atoms with Crippen LogP contribution in [0.3, 0.4) is 0 Å². The van der Waals surface area contributed by atoms with Gasteiger partial charge in [-0.05, 0) is 16.4 Å². The average molecular weight is 306 g/mol. The molecule has 0 aliphatic carbocycles. The minimum atomic E-state index is 0.404. The first-order valence-electron chi connectivity index (χ1n) is 7.12. The topological polar surface area (TPSA) is 111 Å². The summed E-state index contributed by atoms with van der Waals surface area (Å²) in [6.07, 6.45) is 2.29. The highest BCUT2D eigenvalue weighted by atomic mass is 16.6. The summed E-state index contributed by atoms with van der Waals surface area (Å²) in [4.78, 5) is 12.1. The molecule has 0 aliphatic rings. The summed E-state index contributed by atoms with van der Waals surface area (Å²) in [6, 6.07) is 8.05. The van der Waals surface area contributed by atoms with Gasteiger partial charge in [-0.1, -0.05) is 18.2 Å². The highest BCUT2D eigenvalue weighted by Crippen LogP contribution is 2.27. The molecule has 1 N–H and O–H groups in total. The maximum atomic E-state index is 4.72. The number of hydrogen-bond donors (Lipinski definition) is 1. The predicted octanol–water partition coefficient (Wildman–Crippen LogP) is 1.48. The Labute approximate surface area is 128 Å². The Morgan fingerprint density at radius 3 is 2.83 bits per heavy atom. The van der Waals surface area contributed by atoms with E-state index >= 15 is 0 Å². The van der Waals surface area contributed by atoms with Gasteiger partial charge in [0.1, 0.15) is 17.7 Å². The minimum Gasteiger partial charge on any atom is -0.331 e. The van der Waals surface area contributed by atoms with Gasteiger partial charge in [0.25, 0.3) is 0 Å². The van der Waals surface area contributed by atoms with Gasteiger partial charge < -0.3 is 9.55 Å². The first kappa shape index (κ1) is 12.2. The van der Waals surface area contributed by atoms with Gasteiger partial charge in [0, 0.05) is 18.4 Å². The van der Waals surface area contributed by atoms with Crippen molar-refractivity contribution in [2.24, 2.45) is 0 Å². The quantitative estimate of drug-likeness (QED) is 0.537. The molecule has 0 spiro atoms. The molecule has 1 aromatic carbocycles. The number of aromatic amines is 1. The highest BCUT2D eigenvalue weighted by molar-refractivity contribution is 6.05. The van der Waals surface area contributed by atoms with E-state index in [1.54, 1.807) is 6.33 Å². The Balaban J connectivity index is 1.76. The molecule has 0 unspecified atom stereocenters. The molecule has 5 rings (SSSR count). The van der Waals surface area contributed by atoms with Crippen LogP contribution in [0.4, 0.5) is 0 Å². The van der Waals surface area contributed by atoms with Gasteiger partial charge in [0.2, 0.25) is 11.3 Å². The number of para-hydroxylation sites is 1. The smallest absolute Gasteiger partial charge is 0.245 e. The van der Waals surface area contributed by atoms with Gasteiger partial charge in [0.05, 0.1) is 5.52 Å². The maximum absolute atomic E-state index is 4.72. The summed E-state index contributed by atoms with van der Waals surface area (Å²) < 4.78 is 6.82. The zero-order valence-electron chi connectivity index (χ0n) is 11.8. The molecule has 0 bridgehead atoms. The van der Waals surface area contributed by atoms with Crippen LogP contribution in [0.15, 0.2) is 35.2 Å². The van der Waals surface area contributed by atoms with Crippen LogP contribution in [0, 0.1) is 0 Å². The Kier molecular flexibility index (Phi) is 2.42. The number of hydrogen-bond acceptors (Lipinski definition) is 7. The highest BCUT2D eigenvalue weighted by Gasteiger charge is 2.16. The Hall–Kier alpha value is -3.36. The van der Waals surface area contributed by atoms with E-state index < -0.39 is 0 Å². The van der Waals surface area contributed by atoms with Gasteiger partial charge in [-0.3, -0.25) is 0 Å². The van der Waals surface area contributed by atoms with Crippen LogP contribution in [0.5, 0.6) is 0 Å². The van der Waals surface area contributed by atoms with E-state index in [4.69, 9.17) is 4.63 Å². The van der Waals surface area contributed by atoms with E-state index in [1.165, 1.54) is 0 Å². The van der Waals surface area contributed by atoms with Gasteiger partial charge in [-0.15, -0.1) is 10.2 Å². The van der Waals surface area contributed by atoms with Gasteiger partial charge in [-0.2, -0.15) is 0 Å². The molecule has 0 amide bonds. The average Bonchev–Trinajstić information content (AvgIpc) is 3.30. The van der Waals surface area contributed by atoms with Crippen molar-refractivity contribution < 1.29 is 4.63 Å². The molecule has 4 aromatic heterocycles. The van der Waals surface area contributed by atoms with Crippen LogP contribution >= 0.6 is 0 Å². The monoisotopic (exact) mass is 306 g/mol. The van der Waals surface area contributed by atoms with E-state index in [0.717, 1.165) is 27.9 Å². The van der Waals surface area contributed by atoms with E-state index in [2.05, 4.69) is 46.1 Å². The van der Waals surface area contributed by atoms with E-state index in [-0.39, 0.29) is 0 Å². The SMILES string of the molecule is c1ccc2c(c1)c1nc3nonc3nc1n2CCc1nnc[nH]1. The zero-order valence-corrected chi connectivity index (χ0v) is 11.8. The van der Waals surface area contributed by atoms with Crippen molar-refractivity contribution in [1.29, 1.82) is 0 Å². The second-order valence-corrected chi connectivity index (χ2v) is 5.16. The van der Waals surface area contributed by atoms with E-state index in [9.17, 15) is 0 Å². The van der Waals surface area contributed by atoms with Crippen LogP contribution in [-0.4, -0.2) is 40.0 Å². The number of aromatic nitrogens is 8. The third-order valence-corrected chi connectivity index (χ3v) is 3.84. The van der Waals surface area contributed by atoms with Crippen molar-refractivity contribution in [2.45, 2.75) is 13.0 Å². The molecule has 0 radical (unpaired) electrons. The molecular formula is C14H10N8O. The van der Waals surface area contributed by atoms with Crippen LogP contribution < -0.4 is 0 Å². The lowest BCUT2D eigenvalue weighted by atomic mass is 10.2. The summed E-state index contributed by atoms with van der Waals surface area (Å²) in [5.74, 6) is 0.827. The van der Waals surface area contributed by atoms with Gasteiger partial charge in [-0.25, -0.2) is 14.6 Å². The first-order chi connectivity index (χ1) is 11.4. The predicted molar refractivity (Wildman–Crippen MR) is 80.5 cm³/mol. The number of rotatable bonds is 3. The van der Waals surface area contributed by atoms with Crippen LogP contribution in [0.1, 0.15) is 5.82 Å². The molecule has 0 saturated heterocycles. The van der Waals surface area contributed by atoms with Crippen molar-refractivity contribution >= 4 is 33.4 Å². The third-order valence-electron chi connectivity index (χ3n) is 3.84. The van der Waals surface area contributed by atoms with E-state index in [0.29, 0.717) is 24.3 Å². The molecule has 9 heteroatoms. The number of fused-ring (bicyclic) bond motifs is 4. The Morgan fingerprint density at radius 1 is 1.09 bits per heavy atom. The van der Waals surface area contributed by atoms with E-state index in [1.807, 2.05) is 18.2 Å². The lowest BCUT2D eigenvalue weighted by Gasteiger charge is -2.04. The molecule has 5 aromatic rings. The molecule has 0 aliphatic heterocycles. The molecule has 0 atom stereocenters. The third kappa shape index (κ3) is 1.79. The van der Waals surface area contributed by atoms with Crippen LogP contribution in [-0.2, 0) is 13.0 Å². The van der Waals surface area contributed by atoms with Crippen molar-refractivity contribution in [3.05, 3.63) is 36.4 Å². The fourth-order valence-corrected chi connectivity index (χ4v) is 2.82. The maximum Gasteiger partial charge on any atom is 0.245 e. The summed E-state index contributed by atoms with van der Waals surface area (Å²) in [5, 5.41) is 16.4. The number of H-pyrrole nitrogens is 1. The molecule has 0 fully saturated rings. The Morgan fingerprint density at radius 2 is 1.96 bits per heavy atom. The molecule has 4 heterocycles. The summed E-state index contributed by atoms with van der Waals surface area (Å²) in [6.45, 7) is 0.699. The van der Waals surface area contributed by atoms with Crippen LogP contribution in [0.25, 0.3) is 33.4 Å². The fraction of sp³-hybridized carbons (Fsp3) is 0.143. The lowest BCUT2D eigenvalue weighted by molar-refractivity contribution is 0.314. The number of aryl methyl sites for hydroxylation is 2. The minimum absolute atomic E-state index is 0.404. The van der Waals surface area contributed by atoms with Crippen molar-refractivity contribution in [3.63, 3.8) is 0 Å². The number of nitrogens with one attached hydrogen (secondary N) is 1. The molecule has 23 heavy (non-hydrogen) atoms. The number of nitrogens with zero attached hydrogens (tertiary/aromatic N) is 7. The summed E-state index contributed by atoms with van der Waals surface area (Å²) >= 11 is 0. The molecular weight excluding hydrogens is 296 g/mol. The lowest BCUT2D eigenvalue weighted by Crippen LogP contribution is -2.03. The standard InChI is InChI=1S/C14H10N8O/c1-2-4-9-8(3-1)11-14(18-13-12(17-11)20-23-21-13)22(9)6-5-10-15-7-16-19-10/h1-4,7H,5-6H2,(H,15,16,19). The van der Waals surface area contributed by atoms with Crippen molar-refractivity contribution in [2.75, 3.05) is 0 Å². The zero-order chi connectivity index (χ0) is 15.2. The second-order valence-electron chi connectivity index (χ2n) is 5.16. The fourth-order valence-electron chi connectivity index (χ4n) is 2.82. The normalized spacial score (nSPS) is 11.8.